The Morgan fingerprint density at radius 2 is 1.95 bits per heavy atom. The van der Waals surface area contributed by atoms with Crippen LogP contribution >= 0.6 is 0 Å². The van der Waals surface area contributed by atoms with Crippen LogP contribution in [0.15, 0.2) is 6.33 Å². The van der Waals surface area contributed by atoms with Crippen LogP contribution in [-0.2, 0) is 0 Å². The number of anilines is 1. The predicted octanol–water partition coefficient (Wildman–Crippen LogP) is 3.56. The fraction of sp³-hybridized carbons (Fsp3) is 0.714. The second-order valence-corrected chi connectivity index (χ2v) is 4.82. The van der Waals surface area contributed by atoms with Crippen LogP contribution in [0, 0.1) is 10.1 Å². The number of hydrogen-bond acceptors (Lipinski definition) is 6. The summed E-state index contributed by atoms with van der Waals surface area (Å²) in [6.07, 6.45) is 7.47. The molecule has 0 unspecified atom stereocenters. The second kappa shape index (κ2) is 9.90. The first kappa shape index (κ1) is 17.1. The Balaban J connectivity index is 2.68. The maximum absolute atomic E-state index is 11.2. The third kappa shape index (κ3) is 5.93. The van der Waals surface area contributed by atoms with Crippen molar-refractivity contribution in [3.8, 4) is 5.88 Å². The summed E-state index contributed by atoms with van der Waals surface area (Å²) in [4.78, 5) is 18.6. The SMILES string of the molecule is CCCCCCNc1ncnc(OCCCC)c1[N+](=O)[O-]. The molecule has 0 saturated carbocycles. The molecule has 1 aromatic heterocycles. The average molecular weight is 296 g/mol. The molecule has 0 spiro atoms. The minimum atomic E-state index is -0.490. The van der Waals surface area contributed by atoms with Crippen molar-refractivity contribution >= 4 is 11.5 Å². The van der Waals surface area contributed by atoms with E-state index in [2.05, 4.69) is 22.2 Å². The highest BCUT2D eigenvalue weighted by molar-refractivity contribution is 5.61. The van der Waals surface area contributed by atoms with Gasteiger partial charge < -0.3 is 10.1 Å². The lowest BCUT2D eigenvalue weighted by Gasteiger charge is -2.09. The van der Waals surface area contributed by atoms with Crippen molar-refractivity contribution in [1.82, 2.24) is 9.97 Å². The number of rotatable bonds is 11. The molecule has 0 aliphatic rings. The highest BCUT2D eigenvalue weighted by atomic mass is 16.6. The monoisotopic (exact) mass is 296 g/mol. The highest BCUT2D eigenvalue weighted by Crippen LogP contribution is 2.30. The Labute approximate surface area is 125 Å². The van der Waals surface area contributed by atoms with Crippen LogP contribution in [0.1, 0.15) is 52.4 Å². The van der Waals surface area contributed by atoms with Crippen molar-refractivity contribution < 1.29 is 9.66 Å². The molecule has 0 aliphatic carbocycles. The molecule has 1 rings (SSSR count). The van der Waals surface area contributed by atoms with E-state index in [9.17, 15) is 10.1 Å². The summed E-state index contributed by atoms with van der Waals surface area (Å²) in [5.74, 6) is 0.275. The van der Waals surface area contributed by atoms with Gasteiger partial charge in [0.05, 0.1) is 11.5 Å². The van der Waals surface area contributed by atoms with Crippen molar-refractivity contribution in [3.05, 3.63) is 16.4 Å². The van der Waals surface area contributed by atoms with Gasteiger partial charge in [0, 0.05) is 6.54 Å². The van der Waals surface area contributed by atoms with Crippen molar-refractivity contribution in [2.45, 2.75) is 52.4 Å². The first-order valence-corrected chi connectivity index (χ1v) is 7.56. The molecule has 0 amide bonds. The van der Waals surface area contributed by atoms with Gasteiger partial charge in [0.25, 0.3) is 5.88 Å². The fourth-order valence-electron chi connectivity index (χ4n) is 1.83. The largest absolute Gasteiger partial charge is 0.473 e. The molecule has 0 aliphatic heterocycles. The number of nitro groups is 1. The van der Waals surface area contributed by atoms with Crippen LogP contribution in [0.2, 0.25) is 0 Å². The molecule has 7 nitrogen and oxygen atoms in total. The zero-order valence-corrected chi connectivity index (χ0v) is 12.8. The summed E-state index contributed by atoms with van der Waals surface area (Å²) in [6, 6.07) is 0. The predicted molar refractivity (Wildman–Crippen MR) is 81.7 cm³/mol. The fourth-order valence-corrected chi connectivity index (χ4v) is 1.83. The van der Waals surface area contributed by atoms with Gasteiger partial charge in [-0.15, -0.1) is 0 Å². The van der Waals surface area contributed by atoms with Crippen molar-refractivity contribution in [2.24, 2.45) is 0 Å². The third-order valence-electron chi connectivity index (χ3n) is 3.03. The lowest BCUT2D eigenvalue weighted by Crippen LogP contribution is -2.09. The molecule has 118 valence electrons. The van der Waals surface area contributed by atoms with Crippen LogP contribution in [-0.4, -0.2) is 28.0 Å². The molecule has 0 fully saturated rings. The van der Waals surface area contributed by atoms with E-state index in [1.807, 2.05) is 6.92 Å². The summed E-state index contributed by atoms with van der Waals surface area (Å²) in [5.41, 5.74) is -0.177. The van der Waals surface area contributed by atoms with Crippen molar-refractivity contribution in [1.29, 1.82) is 0 Å². The van der Waals surface area contributed by atoms with Gasteiger partial charge in [0.15, 0.2) is 0 Å². The molecule has 0 atom stereocenters. The molecular formula is C14H24N4O3. The molecule has 1 N–H and O–H groups in total. The molecular weight excluding hydrogens is 272 g/mol. The highest BCUT2D eigenvalue weighted by Gasteiger charge is 2.24. The Bertz CT molecular complexity index is 440. The maximum Gasteiger partial charge on any atom is 0.372 e. The standard InChI is InChI=1S/C14H24N4O3/c1-3-5-7-8-9-15-13-12(18(19)20)14(17-11-16-13)21-10-6-4-2/h11H,3-10H2,1-2H3,(H,15,16,17). The molecule has 1 heterocycles. The Kier molecular flexibility index (Phi) is 8.08. The number of unbranched alkanes of at least 4 members (excludes halogenated alkanes) is 4. The number of aromatic nitrogens is 2. The van der Waals surface area contributed by atoms with Gasteiger partial charge in [0.1, 0.15) is 6.33 Å². The molecule has 1 aromatic rings. The smallest absolute Gasteiger partial charge is 0.372 e. The molecule has 0 saturated heterocycles. The lowest BCUT2D eigenvalue weighted by atomic mass is 10.2. The van der Waals surface area contributed by atoms with E-state index in [-0.39, 0.29) is 17.4 Å². The molecule has 0 bridgehead atoms. The minimum absolute atomic E-state index is 0.0412. The Morgan fingerprint density at radius 1 is 1.19 bits per heavy atom. The number of ether oxygens (including phenoxy) is 1. The first-order valence-electron chi connectivity index (χ1n) is 7.56. The quantitative estimate of drug-likeness (QED) is 0.381. The van der Waals surface area contributed by atoms with Gasteiger partial charge in [0.2, 0.25) is 5.82 Å². The van der Waals surface area contributed by atoms with E-state index in [1.165, 1.54) is 12.7 Å². The topological polar surface area (TPSA) is 90.2 Å². The van der Waals surface area contributed by atoms with E-state index in [0.29, 0.717) is 13.2 Å². The van der Waals surface area contributed by atoms with Crippen LogP contribution in [0.4, 0.5) is 11.5 Å². The summed E-state index contributed by atoms with van der Waals surface area (Å²) in [5, 5.41) is 14.2. The zero-order valence-electron chi connectivity index (χ0n) is 12.8. The van der Waals surface area contributed by atoms with Gasteiger partial charge in [-0.3, -0.25) is 10.1 Å². The zero-order chi connectivity index (χ0) is 15.5. The van der Waals surface area contributed by atoms with E-state index >= 15 is 0 Å². The normalized spacial score (nSPS) is 10.4. The van der Waals surface area contributed by atoms with Gasteiger partial charge in [-0.05, 0) is 12.8 Å². The molecule has 21 heavy (non-hydrogen) atoms. The van der Waals surface area contributed by atoms with E-state index in [1.54, 1.807) is 0 Å². The van der Waals surface area contributed by atoms with Crippen LogP contribution in [0.3, 0.4) is 0 Å². The van der Waals surface area contributed by atoms with E-state index in [4.69, 9.17) is 4.74 Å². The van der Waals surface area contributed by atoms with Crippen LogP contribution in [0.5, 0.6) is 5.88 Å². The summed E-state index contributed by atoms with van der Waals surface area (Å²) >= 11 is 0. The summed E-state index contributed by atoms with van der Waals surface area (Å²) in [7, 11) is 0. The lowest BCUT2D eigenvalue weighted by molar-refractivity contribution is -0.385. The summed E-state index contributed by atoms with van der Waals surface area (Å²) < 4.78 is 5.39. The first-order chi connectivity index (χ1) is 10.2. The van der Waals surface area contributed by atoms with Gasteiger partial charge in [-0.25, -0.2) is 4.98 Å². The van der Waals surface area contributed by atoms with Gasteiger partial charge in [-0.1, -0.05) is 39.5 Å². The number of nitrogens with one attached hydrogen (secondary N) is 1. The van der Waals surface area contributed by atoms with E-state index in [0.717, 1.165) is 32.1 Å². The number of nitrogens with zero attached hydrogens (tertiary/aromatic N) is 3. The van der Waals surface area contributed by atoms with Crippen LogP contribution in [0.25, 0.3) is 0 Å². The van der Waals surface area contributed by atoms with Crippen LogP contribution < -0.4 is 10.1 Å². The Morgan fingerprint density at radius 3 is 2.62 bits per heavy atom. The summed E-state index contributed by atoms with van der Waals surface area (Å²) in [6.45, 7) is 5.25. The molecule has 7 heteroatoms. The number of hydrogen-bond donors (Lipinski definition) is 1. The molecule has 0 radical (unpaired) electrons. The van der Waals surface area contributed by atoms with Gasteiger partial charge in [-0.2, -0.15) is 4.98 Å². The maximum atomic E-state index is 11.2. The van der Waals surface area contributed by atoms with E-state index < -0.39 is 4.92 Å². The third-order valence-corrected chi connectivity index (χ3v) is 3.03. The Hall–Kier alpha value is -1.92. The minimum Gasteiger partial charge on any atom is -0.473 e. The second-order valence-electron chi connectivity index (χ2n) is 4.82. The average Bonchev–Trinajstić information content (AvgIpc) is 2.47. The van der Waals surface area contributed by atoms with Gasteiger partial charge >= 0.3 is 5.69 Å². The molecule has 0 aromatic carbocycles. The van der Waals surface area contributed by atoms with Crippen molar-refractivity contribution in [3.63, 3.8) is 0 Å². The van der Waals surface area contributed by atoms with Crippen molar-refractivity contribution in [2.75, 3.05) is 18.5 Å².